The smallest absolute Gasteiger partial charge is 0.257 e. The van der Waals surface area contributed by atoms with Crippen LogP contribution < -0.4 is 25.6 Å². The second kappa shape index (κ2) is 13.3. The summed E-state index contributed by atoms with van der Waals surface area (Å²) in [6.45, 7) is 4.12. The Bertz CT molecular complexity index is 1870. The van der Waals surface area contributed by atoms with Crippen LogP contribution >= 0.6 is 0 Å². The molecule has 2 atom stereocenters. The first-order chi connectivity index (χ1) is 21.8. The maximum absolute atomic E-state index is 13.5. The summed E-state index contributed by atoms with van der Waals surface area (Å²) in [5.74, 6) is 0.285. The number of nitrogens with zero attached hydrogens (tertiary/aromatic N) is 6. The molecule has 1 aliphatic heterocycles. The summed E-state index contributed by atoms with van der Waals surface area (Å²) in [6.07, 6.45) is 2.03. The number of sulfonamides is 2. The number of anilines is 3. The number of nitrogens with two attached hydrogens (primary N) is 1. The third-order valence-electron chi connectivity index (χ3n) is 8.08. The average Bonchev–Trinajstić information content (AvgIpc) is 3.74. The van der Waals surface area contributed by atoms with Gasteiger partial charge in [0.1, 0.15) is 11.8 Å². The maximum atomic E-state index is 13.5. The molecule has 2 aliphatic rings. The molecular weight excluding hydrogens is 631 g/mol. The molecule has 1 amide bonds. The first-order valence-electron chi connectivity index (χ1n) is 14.7. The summed E-state index contributed by atoms with van der Waals surface area (Å²) in [6, 6.07) is 14.7. The Balaban J connectivity index is 1.26. The normalized spacial score (nSPS) is 18.5. The highest BCUT2D eigenvalue weighted by atomic mass is 32.2. The Kier molecular flexibility index (Phi) is 9.61. The topological polar surface area (TPSA) is 195 Å². The maximum Gasteiger partial charge on any atom is 0.257 e. The van der Waals surface area contributed by atoms with Crippen LogP contribution in [-0.2, 0) is 26.6 Å². The number of hydrogen-bond donors (Lipinski definition) is 3. The third-order valence-corrected chi connectivity index (χ3v) is 11.2. The lowest BCUT2D eigenvalue weighted by atomic mass is 10.1. The predicted octanol–water partition coefficient (Wildman–Crippen LogP) is 1.25. The van der Waals surface area contributed by atoms with Gasteiger partial charge in [0.25, 0.3) is 5.91 Å². The summed E-state index contributed by atoms with van der Waals surface area (Å²) in [7, 11) is -6.10. The van der Waals surface area contributed by atoms with Crippen LogP contribution in [0, 0.1) is 24.2 Å². The van der Waals surface area contributed by atoms with E-state index in [1.54, 1.807) is 31.2 Å². The van der Waals surface area contributed by atoms with Gasteiger partial charge in [-0.15, -0.1) is 0 Å². The molecule has 2 heterocycles. The molecule has 16 heteroatoms. The third kappa shape index (κ3) is 7.62. The number of aromatic nitrogens is 2. The number of benzene rings is 2. The van der Waals surface area contributed by atoms with Crippen LogP contribution in [0.1, 0.15) is 33.7 Å². The summed E-state index contributed by atoms with van der Waals surface area (Å²) < 4.78 is 53.9. The average molecular weight is 668 g/mol. The Hall–Kier alpha value is -4.14. The van der Waals surface area contributed by atoms with Crippen LogP contribution in [0.4, 0.5) is 17.3 Å². The van der Waals surface area contributed by atoms with E-state index in [9.17, 15) is 26.9 Å². The van der Waals surface area contributed by atoms with Gasteiger partial charge in [0.15, 0.2) is 0 Å². The second-order valence-electron chi connectivity index (χ2n) is 11.5. The molecule has 0 unspecified atom stereocenters. The van der Waals surface area contributed by atoms with E-state index in [-0.39, 0.29) is 41.0 Å². The van der Waals surface area contributed by atoms with Crippen LogP contribution in [0.25, 0.3) is 0 Å². The molecule has 46 heavy (non-hydrogen) atoms. The number of piperazine rings is 1. The molecule has 0 bridgehead atoms. The number of carbonyl (C=O) groups excluding carboxylic acids is 1. The fourth-order valence-corrected chi connectivity index (χ4v) is 7.11. The minimum atomic E-state index is -3.83. The van der Waals surface area contributed by atoms with Crippen LogP contribution in [-0.4, -0.2) is 89.1 Å². The van der Waals surface area contributed by atoms with Gasteiger partial charge in [-0.05, 0) is 73.8 Å². The van der Waals surface area contributed by atoms with Crippen molar-refractivity contribution in [3.05, 3.63) is 71.0 Å². The number of rotatable bonds is 11. The van der Waals surface area contributed by atoms with Gasteiger partial charge < -0.3 is 21.3 Å². The zero-order valence-electron chi connectivity index (χ0n) is 25.8. The first kappa shape index (κ1) is 33.2. The lowest BCUT2D eigenvalue weighted by molar-refractivity contribution is 0.102. The summed E-state index contributed by atoms with van der Waals surface area (Å²) >= 11 is 0. The Morgan fingerprint density at radius 3 is 2.35 bits per heavy atom. The van der Waals surface area contributed by atoms with Gasteiger partial charge in [-0.3, -0.25) is 9.10 Å². The monoisotopic (exact) mass is 667 g/mol. The molecule has 4 N–H and O–H groups in total. The Morgan fingerprint density at radius 2 is 1.74 bits per heavy atom. The van der Waals surface area contributed by atoms with E-state index in [0.29, 0.717) is 42.9 Å². The van der Waals surface area contributed by atoms with Crippen molar-refractivity contribution in [1.82, 2.24) is 19.6 Å². The first-order valence-corrected chi connectivity index (χ1v) is 18.0. The van der Waals surface area contributed by atoms with Gasteiger partial charge >= 0.3 is 0 Å². The van der Waals surface area contributed by atoms with Crippen molar-refractivity contribution in [2.75, 3.05) is 60.5 Å². The largest absolute Gasteiger partial charge is 0.338 e. The number of nitriles is 1. The highest BCUT2D eigenvalue weighted by molar-refractivity contribution is 7.92. The van der Waals surface area contributed by atoms with Crippen molar-refractivity contribution in [2.45, 2.75) is 30.8 Å². The predicted molar refractivity (Wildman–Crippen MR) is 174 cm³/mol. The minimum Gasteiger partial charge on any atom is -0.338 e. The zero-order valence-corrected chi connectivity index (χ0v) is 27.5. The number of aryl methyl sites for hydroxylation is 1. The molecule has 0 radical (unpaired) electrons. The number of hydrogen-bond acceptors (Lipinski definition) is 11. The lowest BCUT2D eigenvalue weighted by Gasteiger charge is -2.34. The van der Waals surface area contributed by atoms with Gasteiger partial charge in [-0.25, -0.2) is 26.8 Å². The van der Waals surface area contributed by atoms with E-state index in [4.69, 9.17) is 5.73 Å². The van der Waals surface area contributed by atoms with Gasteiger partial charge in [-0.1, -0.05) is 6.07 Å². The van der Waals surface area contributed by atoms with Crippen molar-refractivity contribution < 1.29 is 21.6 Å². The molecular formula is C30H37N9O5S2. The van der Waals surface area contributed by atoms with E-state index in [1.807, 2.05) is 11.0 Å². The van der Waals surface area contributed by atoms with Crippen molar-refractivity contribution >= 4 is 43.3 Å². The van der Waals surface area contributed by atoms with Gasteiger partial charge in [0.05, 0.1) is 22.4 Å². The SMILES string of the molecule is Cc1cc(C#N)nc(N2CCN(S(=O)(=O)c3ccc(NC(=O)c4cc(CNC[C@H]5C[C@H]5N)ccc4N(C)S(C)(=O)=O)cc3)CC2)n1. The Morgan fingerprint density at radius 1 is 1.07 bits per heavy atom. The highest BCUT2D eigenvalue weighted by Gasteiger charge is 2.32. The summed E-state index contributed by atoms with van der Waals surface area (Å²) in [5, 5.41) is 15.3. The molecule has 1 aliphatic carbocycles. The van der Waals surface area contributed by atoms with Crippen molar-refractivity contribution in [2.24, 2.45) is 11.7 Å². The number of carbonyl (C=O) groups is 1. The zero-order chi connectivity index (χ0) is 33.2. The lowest BCUT2D eigenvalue weighted by Crippen LogP contribution is -2.49. The minimum absolute atomic E-state index is 0.0680. The van der Waals surface area contributed by atoms with E-state index >= 15 is 0 Å². The van der Waals surface area contributed by atoms with Crippen LogP contribution in [0.2, 0.25) is 0 Å². The summed E-state index contributed by atoms with van der Waals surface area (Å²) in [5.41, 5.74) is 8.30. The van der Waals surface area contributed by atoms with Gasteiger partial charge in [0, 0.05) is 57.2 Å². The van der Waals surface area contributed by atoms with E-state index in [2.05, 4.69) is 20.6 Å². The van der Waals surface area contributed by atoms with E-state index < -0.39 is 26.0 Å². The van der Waals surface area contributed by atoms with Crippen molar-refractivity contribution in [3.8, 4) is 6.07 Å². The molecule has 2 aromatic carbocycles. The van der Waals surface area contributed by atoms with Crippen molar-refractivity contribution in [1.29, 1.82) is 5.26 Å². The molecule has 1 aromatic heterocycles. The fourth-order valence-electron chi connectivity index (χ4n) is 5.17. The molecule has 3 aromatic rings. The molecule has 14 nitrogen and oxygen atoms in total. The van der Waals surface area contributed by atoms with E-state index in [0.717, 1.165) is 29.1 Å². The Labute approximate surface area is 269 Å². The van der Waals surface area contributed by atoms with Crippen LogP contribution in [0.15, 0.2) is 53.4 Å². The van der Waals surface area contributed by atoms with Crippen molar-refractivity contribution in [3.63, 3.8) is 0 Å². The van der Waals surface area contributed by atoms with Gasteiger partial charge in [0.2, 0.25) is 26.0 Å². The molecule has 244 valence electrons. The van der Waals surface area contributed by atoms with Crippen LogP contribution in [0.5, 0.6) is 0 Å². The molecule has 1 saturated heterocycles. The van der Waals surface area contributed by atoms with Gasteiger partial charge in [-0.2, -0.15) is 9.57 Å². The second-order valence-corrected chi connectivity index (χ2v) is 15.5. The molecule has 5 rings (SSSR count). The molecule has 0 spiro atoms. The number of amides is 1. The summed E-state index contributed by atoms with van der Waals surface area (Å²) in [4.78, 5) is 24.0. The standard InChI is InChI=1S/C30H37N9O5S2/c1-20-14-24(17-31)36-30(34-20)38-10-12-39(13-11-38)46(43,44)25-7-5-23(6-8-25)35-29(40)26-15-21(18-33-19-22-16-27(22)32)4-9-28(26)37(2)45(3,41)42/h4-9,14-15,22,27,33H,10-13,16,18-19,32H2,1-3H3,(H,35,40)/t22-,27-/m1/s1. The van der Waals surface area contributed by atoms with E-state index in [1.165, 1.54) is 35.6 Å². The molecule has 1 saturated carbocycles. The highest BCUT2D eigenvalue weighted by Crippen LogP contribution is 2.28. The number of nitrogens with one attached hydrogen (secondary N) is 2. The quantitative estimate of drug-likeness (QED) is 0.266. The van der Waals surface area contributed by atoms with Crippen LogP contribution in [0.3, 0.4) is 0 Å². The fraction of sp³-hybridized carbons (Fsp3) is 0.400. The molecule has 2 fully saturated rings.